The van der Waals surface area contributed by atoms with E-state index >= 15 is 0 Å². The van der Waals surface area contributed by atoms with Crippen molar-refractivity contribution >= 4 is 17.7 Å². The predicted molar refractivity (Wildman–Crippen MR) is 88.1 cm³/mol. The van der Waals surface area contributed by atoms with Gasteiger partial charge in [0.15, 0.2) is 0 Å². The summed E-state index contributed by atoms with van der Waals surface area (Å²) in [5.74, 6) is 1.66. The van der Waals surface area contributed by atoms with Gasteiger partial charge in [0.2, 0.25) is 5.91 Å². The SMILES string of the molecule is CS[C@@H]1CCC[C@@H](NC(=O)C[C@H](C)C2CCCCC2)C1. The fourth-order valence-corrected chi connectivity index (χ4v) is 4.77. The molecular formula is C17H31NOS. The lowest BCUT2D eigenvalue weighted by molar-refractivity contribution is -0.123. The number of carbonyl (C=O) groups is 1. The molecule has 2 aliphatic rings. The number of rotatable bonds is 5. The number of hydrogen-bond donors (Lipinski definition) is 1. The lowest BCUT2D eigenvalue weighted by atomic mass is 9.79. The Morgan fingerprint density at radius 1 is 1.15 bits per heavy atom. The zero-order chi connectivity index (χ0) is 14.4. The van der Waals surface area contributed by atoms with Crippen molar-refractivity contribution in [2.45, 2.75) is 82.4 Å². The second-order valence-corrected chi connectivity index (χ2v) is 8.01. The average molecular weight is 298 g/mol. The molecule has 2 saturated carbocycles. The highest BCUT2D eigenvalue weighted by Crippen LogP contribution is 2.32. The van der Waals surface area contributed by atoms with E-state index in [0.717, 1.165) is 17.6 Å². The van der Waals surface area contributed by atoms with E-state index in [9.17, 15) is 4.79 Å². The monoisotopic (exact) mass is 297 g/mol. The van der Waals surface area contributed by atoms with Gasteiger partial charge in [0.05, 0.1) is 0 Å². The van der Waals surface area contributed by atoms with Crippen LogP contribution in [0.2, 0.25) is 0 Å². The van der Waals surface area contributed by atoms with Crippen LogP contribution in [0.15, 0.2) is 0 Å². The largest absolute Gasteiger partial charge is 0.353 e. The van der Waals surface area contributed by atoms with Crippen LogP contribution in [0.3, 0.4) is 0 Å². The third-order valence-corrected chi connectivity index (χ3v) is 6.38. The topological polar surface area (TPSA) is 29.1 Å². The molecule has 1 N–H and O–H groups in total. The standard InChI is InChI=1S/C17H31NOS/c1-13(14-7-4-3-5-8-14)11-17(19)18-15-9-6-10-16(12-15)20-2/h13-16H,3-12H2,1-2H3,(H,18,19)/t13-,15+,16+/m0/s1. The van der Waals surface area contributed by atoms with Gasteiger partial charge in [-0.15, -0.1) is 0 Å². The summed E-state index contributed by atoms with van der Waals surface area (Å²) in [5.41, 5.74) is 0. The van der Waals surface area contributed by atoms with Crippen molar-refractivity contribution in [3.63, 3.8) is 0 Å². The van der Waals surface area contributed by atoms with Crippen LogP contribution >= 0.6 is 11.8 Å². The first-order chi connectivity index (χ1) is 9.69. The average Bonchev–Trinajstić information content (AvgIpc) is 2.48. The first-order valence-corrected chi connectivity index (χ1v) is 9.80. The first-order valence-electron chi connectivity index (χ1n) is 8.51. The Balaban J connectivity index is 1.71. The van der Waals surface area contributed by atoms with Crippen LogP contribution in [0.25, 0.3) is 0 Å². The number of nitrogens with one attached hydrogen (secondary N) is 1. The molecule has 0 unspecified atom stereocenters. The number of thioether (sulfide) groups is 1. The molecule has 0 aromatic carbocycles. The summed E-state index contributed by atoms with van der Waals surface area (Å²) in [5, 5.41) is 4.06. The number of amides is 1. The molecule has 0 aliphatic heterocycles. The lowest BCUT2D eigenvalue weighted by Crippen LogP contribution is -2.40. The molecule has 116 valence electrons. The Bertz CT molecular complexity index is 295. The van der Waals surface area contributed by atoms with Gasteiger partial charge in [-0.05, 0) is 37.4 Å². The predicted octanol–water partition coefficient (Wildman–Crippen LogP) is 4.38. The third kappa shape index (κ3) is 4.98. The van der Waals surface area contributed by atoms with Crippen molar-refractivity contribution in [2.75, 3.05) is 6.26 Å². The number of hydrogen-bond acceptors (Lipinski definition) is 2. The van der Waals surface area contributed by atoms with Gasteiger partial charge in [0.1, 0.15) is 0 Å². The maximum atomic E-state index is 12.2. The van der Waals surface area contributed by atoms with Gasteiger partial charge in [0.25, 0.3) is 0 Å². The highest BCUT2D eigenvalue weighted by atomic mass is 32.2. The molecular weight excluding hydrogens is 266 g/mol. The molecule has 2 rings (SSSR count). The van der Waals surface area contributed by atoms with E-state index in [1.54, 1.807) is 0 Å². The Labute approximate surface area is 128 Å². The second-order valence-electron chi connectivity index (χ2n) is 6.87. The molecule has 0 spiro atoms. The van der Waals surface area contributed by atoms with Gasteiger partial charge in [-0.25, -0.2) is 0 Å². The fourth-order valence-electron chi connectivity index (χ4n) is 3.94. The molecule has 0 radical (unpaired) electrons. The van der Waals surface area contributed by atoms with E-state index < -0.39 is 0 Å². The van der Waals surface area contributed by atoms with Crippen molar-refractivity contribution in [3.05, 3.63) is 0 Å². The van der Waals surface area contributed by atoms with Crippen LogP contribution in [-0.2, 0) is 4.79 Å². The zero-order valence-electron chi connectivity index (χ0n) is 13.2. The summed E-state index contributed by atoms with van der Waals surface area (Å²) >= 11 is 1.96. The molecule has 0 heterocycles. The van der Waals surface area contributed by atoms with E-state index in [2.05, 4.69) is 18.5 Å². The van der Waals surface area contributed by atoms with Crippen molar-refractivity contribution in [1.82, 2.24) is 5.32 Å². The molecule has 0 aromatic heterocycles. The van der Waals surface area contributed by atoms with Crippen LogP contribution in [0.1, 0.15) is 71.1 Å². The molecule has 0 saturated heterocycles. The van der Waals surface area contributed by atoms with Gasteiger partial charge in [-0.1, -0.05) is 45.4 Å². The van der Waals surface area contributed by atoms with Gasteiger partial charge in [-0.3, -0.25) is 4.79 Å². The van der Waals surface area contributed by atoms with E-state index in [4.69, 9.17) is 0 Å². The maximum Gasteiger partial charge on any atom is 0.220 e. The summed E-state index contributed by atoms with van der Waals surface area (Å²) in [6.45, 7) is 2.28. The van der Waals surface area contributed by atoms with Gasteiger partial charge in [-0.2, -0.15) is 11.8 Å². The van der Waals surface area contributed by atoms with Crippen molar-refractivity contribution in [3.8, 4) is 0 Å². The molecule has 2 aliphatic carbocycles. The fraction of sp³-hybridized carbons (Fsp3) is 0.941. The molecule has 0 aromatic rings. The van der Waals surface area contributed by atoms with Crippen LogP contribution in [0, 0.1) is 11.8 Å². The second kappa shape index (κ2) is 8.31. The van der Waals surface area contributed by atoms with E-state index in [0.29, 0.717) is 17.9 Å². The first kappa shape index (κ1) is 16.2. The molecule has 3 atom stereocenters. The van der Waals surface area contributed by atoms with Gasteiger partial charge >= 0.3 is 0 Å². The Morgan fingerprint density at radius 3 is 2.60 bits per heavy atom. The third-order valence-electron chi connectivity index (χ3n) is 5.29. The number of carbonyl (C=O) groups excluding carboxylic acids is 1. The molecule has 2 nitrogen and oxygen atoms in total. The van der Waals surface area contributed by atoms with Crippen molar-refractivity contribution in [1.29, 1.82) is 0 Å². The minimum Gasteiger partial charge on any atom is -0.353 e. The summed E-state index contributed by atoms with van der Waals surface area (Å²) in [7, 11) is 0. The van der Waals surface area contributed by atoms with Gasteiger partial charge < -0.3 is 5.32 Å². The van der Waals surface area contributed by atoms with E-state index in [1.165, 1.54) is 57.8 Å². The van der Waals surface area contributed by atoms with Crippen LogP contribution in [0.4, 0.5) is 0 Å². The Kier molecular flexibility index (Phi) is 6.73. The minimum atomic E-state index is 0.301. The van der Waals surface area contributed by atoms with Crippen LogP contribution < -0.4 is 5.32 Å². The normalized spacial score (nSPS) is 29.9. The summed E-state index contributed by atoms with van der Waals surface area (Å²) < 4.78 is 0. The summed E-state index contributed by atoms with van der Waals surface area (Å²) in [6, 6.07) is 0.437. The lowest BCUT2D eigenvalue weighted by Gasteiger charge is -2.30. The van der Waals surface area contributed by atoms with Gasteiger partial charge in [0, 0.05) is 17.7 Å². The van der Waals surface area contributed by atoms with E-state index in [1.807, 2.05) is 11.8 Å². The van der Waals surface area contributed by atoms with Crippen LogP contribution in [-0.4, -0.2) is 23.5 Å². The maximum absolute atomic E-state index is 12.2. The zero-order valence-corrected chi connectivity index (χ0v) is 14.0. The molecule has 20 heavy (non-hydrogen) atoms. The molecule has 3 heteroatoms. The molecule has 2 fully saturated rings. The van der Waals surface area contributed by atoms with Crippen LogP contribution in [0.5, 0.6) is 0 Å². The van der Waals surface area contributed by atoms with Crippen molar-refractivity contribution < 1.29 is 4.79 Å². The highest BCUT2D eigenvalue weighted by molar-refractivity contribution is 7.99. The quantitative estimate of drug-likeness (QED) is 0.815. The summed E-state index contributed by atoms with van der Waals surface area (Å²) in [4.78, 5) is 12.2. The van der Waals surface area contributed by atoms with Crippen molar-refractivity contribution in [2.24, 2.45) is 11.8 Å². The van der Waals surface area contributed by atoms with E-state index in [-0.39, 0.29) is 0 Å². The Hall–Kier alpha value is -0.180. The smallest absolute Gasteiger partial charge is 0.220 e. The highest BCUT2D eigenvalue weighted by Gasteiger charge is 2.25. The minimum absolute atomic E-state index is 0.301. The Morgan fingerprint density at radius 2 is 1.90 bits per heavy atom. The summed E-state index contributed by atoms with van der Waals surface area (Å²) in [6.07, 6.45) is 14.7. The molecule has 1 amide bonds. The molecule has 0 bridgehead atoms.